The highest BCUT2D eigenvalue weighted by atomic mass is 32.2. The van der Waals surface area contributed by atoms with Crippen LogP contribution in [-0.2, 0) is 24.2 Å². The summed E-state index contributed by atoms with van der Waals surface area (Å²) in [4.78, 5) is 25.9. The molecule has 1 N–H and O–H groups in total. The van der Waals surface area contributed by atoms with Crippen LogP contribution in [0, 0.1) is 12.3 Å². The van der Waals surface area contributed by atoms with Gasteiger partial charge in [-0.1, -0.05) is 19.3 Å². The zero-order valence-electron chi connectivity index (χ0n) is 15.3. The first-order chi connectivity index (χ1) is 12.4. The molecule has 1 atom stereocenters. The SMILES string of the molecule is C#CCOCCC(=O)N1CCC2(CC1)C(NC(=O)CCCC)CS2(=O)=O. The maximum absolute atomic E-state index is 12.4. The van der Waals surface area contributed by atoms with Crippen LogP contribution in [-0.4, -0.2) is 68.0 Å². The lowest BCUT2D eigenvalue weighted by molar-refractivity contribution is -0.134. The van der Waals surface area contributed by atoms with Gasteiger partial charge in [0.1, 0.15) is 6.61 Å². The Morgan fingerprint density at radius 3 is 2.58 bits per heavy atom. The standard InChI is InChI=1S/C18H28N2O5S/c1-3-5-6-16(21)19-15-14-26(23,24)18(15)8-10-20(11-9-18)17(22)7-13-25-12-4-2/h2,15H,3,5-14H2,1H3,(H,19,21). The number of piperidine rings is 1. The van der Waals surface area contributed by atoms with Crippen LogP contribution in [0.2, 0.25) is 0 Å². The molecule has 2 amide bonds. The highest BCUT2D eigenvalue weighted by molar-refractivity contribution is 7.94. The number of carbonyl (C=O) groups is 2. The van der Waals surface area contributed by atoms with E-state index >= 15 is 0 Å². The average Bonchev–Trinajstić information content (AvgIpc) is 2.63. The number of rotatable bonds is 8. The number of hydrogen-bond donors (Lipinski definition) is 1. The van der Waals surface area contributed by atoms with Gasteiger partial charge in [0.05, 0.1) is 29.6 Å². The molecular formula is C18H28N2O5S. The first-order valence-corrected chi connectivity index (χ1v) is 10.8. The highest BCUT2D eigenvalue weighted by Gasteiger charge is 2.61. The van der Waals surface area contributed by atoms with Gasteiger partial charge in [0, 0.05) is 19.5 Å². The molecule has 26 heavy (non-hydrogen) atoms. The van der Waals surface area contributed by atoms with E-state index in [1.165, 1.54) is 0 Å². The Morgan fingerprint density at radius 1 is 1.31 bits per heavy atom. The van der Waals surface area contributed by atoms with Crippen LogP contribution in [0.4, 0.5) is 0 Å². The number of sulfone groups is 1. The second-order valence-corrected chi connectivity index (χ2v) is 9.33. The summed E-state index contributed by atoms with van der Waals surface area (Å²) in [5.74, 6) is 2.19. The molecule has 2 fully saturated rings. The van der Waals surface area contributed by atoms with Crippen molar-refractivity contribution >= 4 is 21.7 Å². The number of nitrogens with one attached hydrogen (secondary N) is 1. The third-order valence-electron chi connectivity index (χ3n) is 5.34. The van der Waals surface area contributed by atoms with Gasteiger partial charge in [0.25, 0.3) is 0 Å². The summed E-state index contributed by atoms with van der Waals surface area (Å²) in [7, 11) is -3.23. The minimum Gasteiger partial charge on any atom is -0.368 e. The molecule has 146 valence electrons. The predicted molar refractivity (Wildman–Crippen MR) is 98.1 cm³/mol. The molecule has 7 nitrogen and oxygen atoms in total. The topological polar surface area (TPSA) is 92.8 Å². The van der Waals surface area contributed by atoms with Gasteiger partial charge in [0.15, 0.2) is 9.84 Å². The van der Waals surface area contributed by atoms with Crippen LogP contribution in [0.15, 0.2) is 0 Å². The Balaban J connectivity index is 1.88. The first-order valence-electron chi connectivity index (χ1n) is 9.17. The van der Waals surface area contributed by atoms with Gasteiger partial charge in [-0.3, -0.25) is 9.59 Å². The van der Waals surface area contributed by atoms with Crippen molar-refractivity contribution in [2.24, 2.45) is 0 Å². The normalized spacial score (nSPS) is 23.1. The van der Waals surface area contributed by atoms with Gasteiger partial charge in [-0.15, -0.1) is 6.42 Å². The quantitative estimate of drug-likeness (QED) is 0.486. The van der Waals surface area contributed by atoms with E-state index in [4.69, 9.17) is 11.2 Å². The van der Waals surface area contributed by atoms with Crippen LogP contribution in [0.3, 0.4) is 0 Å². The second kappa shape index (κ2) is 8.87. The van der Waals surface area contributed by atoms with E-state index in [2.05, 4.69) is 11.2 Å². The average molecular weight is 384 g/mol. The zero-order valence-corrected chi connectivity index (χ0v) is 16.1. The van der Waals surface area contributed by atoms with Crippen molar-refractivity contribution in [3.63, 3.8) is 0 Å². The highest BCUT2D eigenvalue weighted by Crippen LogP contribution is 2.43. The predicted octanol–water partition coefficient (Wildman–Crippen LogP) is 0.491. The van der Waals surface area contributed by atoms with Crippen LogP contribution in [0.25, 0.3) is 0 Å². The number of unbranched alkanes of at least 4 members (excludes halogenated alkanes) is 1. The Kier molecular flexibility index (Phi) is 7.07. The molecule has 0 aliphatic carbocycles. The molecule has 0 aromatic carbocycles. The fourth-order valence-electron chi connectivity index (χ4n) is 3.67. The van der Waals surface area contributed by atoms with E-state index < -0.39 is 14.6 Å². The van der Waals surface area contributed by atoms with Gasteiger partial charge in [-0.05, 0) is 19.3 Å². The maximum Gasteiger partial charge on any atom is 0.224 e. The summed E-state index contributed by atoms with van der Waals surface area (Å²) in [6, 6.07) is -0.340. The third-order valence-corrected chi connectivity index (χ3v) is 8.04. The lowest BCUT2D eigenvalue weighted by Crippen LogP contribution is -2.72. The number of likely N-dealkylation sites (tertiary alicyclic amines) is 1. The Bertz CT molecular complexity index is 660. The molecule has 8 heteroatoms. The van der Waals surface area contributed by atoms with E-state index in [9.17, 15) is 18.0 Å². The first kappa shape index (κ1) is 20.7. The fraction of sp³-hybridized carbons (Fsp3) is 0.778. The summed E-state index contributed by atoms with van der Waals surface area (Å²) in [6.07, 6.45) is 8.19. The zero-order chi connectivity index (χ0) is 19.2. The van der Waals surface area contributed by atoms with Crippen molar-refractivity contribution < 1.29 is 22.7 Å². The lowest BCUT2D eigenvalue weighted by Gasteiger charge is -2.52. The van der Waals surface area contributed by atoms with Gasteiger partial charge < -0.3 is 15.0 Å². The van der Waals surface area contributed by atoms with E-state index in [0.717, 1.165) is 12.8 Å². The maximum atomic E-state index is 12.4. The molecule has 2 saturated heterocycles. The van der Waals surface area contributed by atoms with Crippen molar-refractivity contribution in [3.05, 3.63) is 0 Å². The third kappa shape index (κ3) is 4.38. The van der Waals surface area contributed by atoms with Crippen LogP contribution < -0.4 is 5.32 Å². The molecule has 0 saturated carbocycles. The molecule has 0 aromatic heterocycles. The molecule has 0 radical (unpaired) electrons. The summed E-state index contributed by atoms with van der Waals surface area (Å²) in [5.41, 5.74) is 0. The molecule has 1 unspecified atom stereocenters. The number of ether oxygens (including phenoxy) is 1. The summed E-state index contributed by atoms with van der Waals surface area (Å²) in [5, 5.41) is 2.90. The lowest BCUT2D eigenvalue weighted by atomic mass is 9.87. The van der Waals surface area contributed by atoms with Crippen molar-refractivity contribution in [1.29, 1.82) is 0 Å². The van der Waals surface area contributed by atoms with Gasteiger partial charge in [0.2, 0.25) is 11.8 Å². The van der Waals surface area contributed by atoms with Crippen LogP contribution in [0.5, 0.6) is 0 Å². The largest absolute Gasteiger partial charge is 0.368 e. The van der Waals surface area contributed by atoms with Crippen molar-refractivity contribution in [1.82, 2.24) is 10.2 Å². The second-order valence-electron chi connectivity index (χ2n) is 6.96. The van der Waals surface area contributed by atoms with Gasteiger partial charge >= 0.3 is 0 Å². The molecule has 0 bridgehead atoms. The van der Waals surface area contributed by atoms with Crippen molar-refractivity contribution in [3.8, 4) is 12.3 Å². The Morgan fingerprint density at radius 2 is 2.00 bits per heavy atom. The minimum atomic E-state index is -3.23. The van der Waals surface area contributed by atoms with Gasteiger partial charge in [-0.2, -0.15) is 0 Å². The van der Waals surface area contributed by atoms with Gasteiger partial charge in [-0.25, -0.2) is 8.42 Å². The van der Waals surface area contributed by atoms with E-state index in [1.54, 1.807) is 4.90 Å². The summed E-state index contributed by atoms with van der Waals surface area (Å²) in [6.45, 7) is 3.21. The van der Waals surface area contributed by atoms with Crippen LogP contribution in [0.1, 0.15) is 45.4 Å². The molecule has 1 spiro atoms. The van der Waals surface area contributed by atoms with Crippen LogP contribution >= 0.6 is 0 Å². The number of nitrogens with zero attached hydrogens (tertiary/aromatic N) is 1. The molecule has 2 heterocycles. The number of amides is 2. The Labute approximate surface area is 155 Å². The molecule has 2 aliphatic rings. The van der Waals surface area contributed by atoms with E-state index in [0.29, 0.717) is 32.4 Å². The van der Waals surface area contributed by atoms with Crippen molar-refractivity contribution in [2.45, 2.75) is 56.2 Å². The smallest absolute Gasteiger partial charge is 0.224 e. The summed E-state index contributed by atoms with van der Waals surface area (Å²) < 4.78 is 29.1. The Hall–Kier alpha value is -1.59. The number of terminal acetylenes is 1. The van der Waals surface area contributed by atoms with E-state index in [-0.39, 0.29) is 43.2 Å². The minimum absolute atomic E-state index is 0.00125. The molecule has 2 aliphatic heterocycles. The monoisotopic (exact) mass is 384 g/mol. The number of carbonyl (C=O) groups excluding carboxylic acids is 2. The molecular weight excluding hydrogens is 356 g/mol. The van der Waals surface area contributed by atoms with E-state index in [1.807, 2.05) is 6.92 Å². The summed E-state index contributed by atoms with van der Waals surface area (Å²) >= 11 is 0. The fourth-order valence-corrected chi connectivity index (χ4v) is 5.93. The molecule has 2 rings (SSSR count). The van der Waals surface area contributed by atoms with Crippen molar-refractivity contribution in [2.75, 3.05) is 32.1 Å². The molecule has 0 aromatic rings. The number of hydrogen-bond acceptors (Lipinski definition) is 5.